The van der Waals surface area contributed by atoms with Crippen molar-refractivity contribution in [3.8, 4) is 0 Å². The Hall–Kier alpha value is -1.32. The van der Waals surface area contributed by atoms with Crippen LogP contribution in [-0.2, 0) is 6.54 Å². The molecule has 1 amide bonds. The smallest absolute Gasteiger partial charge is 0.261 e. The van der Waals surface area contributed by atoms with E-state index in [9.17, 15) is 4.79 Å². The second-order valence-corrected chi connectivity index (χ2v) is 5.49. The van der Waals surface area contributed by atoms with Crippen LogP contribution in [0.3, 0.4) is 0 Å². The van der Waals surface area contributed by atoms with Crippen molar-refractivity contribution >= 4 is 28.8 Å². The molecule has 1 aromatic heterocycles. The molecule has 4 heteroatoms. The first-order valence-electron chi connectivity index (χ1n) is 5.24. The molecule has 0 aliphatic rings. The van der Waals surface area contributed by atoms with Gasteiger partial charge in [-0.15, -0.1) is 11.3 Å². The summed E-state index contributed by atoms with van der Waals surface area (Å²) in [6, 6.07) is 11.5. The third-order valence-corrected chi connectivity index (χ3v) is 3.56. The van der Waals surface area contributed by atoms with Gasteiger partial charge in [0, 0.05) is 6.54 Å². The highest BCUT2D eigenvalue weighted by Crippen LogP contribution is 2.21. The molecule has 1 N–H and O–H groups in total. The van der Waals surface area contributed by atoms with Gasteiger partial charge >= 0.3 is 0 Å². The van der Waals surface area contributed by atoms with Crippen LogP contribution in [0.4, 0.5) is 0 Å². The molecule has 0 aliphatic carbocycles. The van der Waals surface area contributed by atoms with Crippen LogP contribution in [0.1, 0.15) is 20.8 Å². The minimum Gasteiger partial charge on any atom is -0.347 e. The van der Waals surface area contributed by atoms with Crippen LogP contribution in [0.5, 0.6) is 0 Å². The summed E-state index contributed by atoms with van der Waals surface area (Å²) >= 11 is 7.07. The topological polar surface area (TPSA) is 29.1 Å². The lowest BCUT2D eigenvalue weighted by Gasteiger charge is -2.04. The van der Waals surface area contributed by atoms with Crippen LogP contribution in [0, 0.1) is 6.92 Å². The summed E-state index contributed by atoms with van der Waals surface area (Å²) in [4.78, 5) is 12.4. The van der Waals surface area contributed by atoms with Crippen molar-refractivity contribution in [1.29, 1.82) is 0 Å². The summed E-state index contributed by atoms with van der Waals surface area (Å²) in [5, 5.41) is 2.87. The van der Waals surface area contributed by atoms with Crippen LogP contribution in [0.2, 0.25) is 4.34 Å². The lowest BCUT2D eigenvalue weighted by molar-refractivity contribution is 0.0955. The first-order chi connectivity index (χ1) is 8.15. The molecule has 2 aromatic rings. The van der Waals surface area contributed by atoms with Gasteiger partial charge in [0.05, 0.1) is 9.21 Å². The highest BCUT2D eigenvalue weighted by molar-refractivity contribution is 7.17. The number of thiophene rings is 1. The maximum Gasteiger partial charge on any atom is 0.261 e. The van der Waals surface area contributed by atoms with E-state index in [1.165, 1.54) is 16.9 Å². The van der Waals surface area contributed by atoms with Gasteiger partial charge in [0.25, 0.3) is 5.91 Å². The Morgan fingerprint density at radius 2 is 2.18 bits per heavy atom. The minimum absolute atomic E-state index is 0.0802. The summed E-state index contributed by atoms with van der Waals surface area (Å²) < 4.78 is 0.630. The Morgan fingerprint density at radius 1 is 1.35 bits per heavy atom. The molecule has 0 saturated carbocycles. The standard InChI is InChI=1S/C13H12ClNOS/c1-9-3-2-4-10(7-9)8-15-13(16)11-5-6-12(14)17-11/h2-7H,8H2,1H3,(H,15,16). The van der Waals surface area contributed by atoms with Crippen LogP contribution in [0.15, 0.2) is 36.4 Å². The molecular formula is C13H12ClNOS. The number of hydrogen-bond donors (Lipinski definition) is 1. The van der Waals surface area contributed by atoms with E-state index in [1.54, 1.807) is 12.1 Å². The molecule has 1 heterocycles. The van der Waals surface area contributed by atoms with Gasteiger partial charge in [-0.3, -0.25) is 4.79 Å². The summed E-state index contributed by atoms with van der Waals surface area (Å²) in [7, 11) is 0. The van der Waals surface area contributed by atoms with E-state index >= 15 is 0 Å². The van der Waals surface area contributed by atoms with Crippen molar-refractivity contribution in [2.75, 3.05) is 0 Å². The summed E-state index contributed by atoms with van der Waals surface area (Å²) in [6.07, 6.45) is 0. The second kappa shape index (κ2) is 5.34. The number of aryl methyl sites for hydroxylation is 1. The fourth-order valence-corrected chi connectivity index (χ4v) is 2.49. The fourth-order valence-electron chi connectivity index (χ4n) is 1.53. The molecule has 2 nitrogen and oxygen atoms in total. The number of hydrogen-bond acceptors (Lipinski definition) is 2. The molecule has 88 valence electrons. The highest BCUT2D eigenvalue weighted by atomic mass is 35.5. The minimum atomic E-state index is -0.0802. The fraction of sp³-hybridized carbons (Fsp3) is 0.154. The molecule has 0 atom stereocenters. The van der Waals surface area contributed by atoms with E-state index < -0.39 is 0 Å². The van der Waals surface area contributed by atoms with Crippen molar-refractivity contribution in [1.82, 2.24) is 5.32 Å². The molecule has 0 spiro atoms. The number of carbonyl (C=O) groups is 1. The van der Waals surface area contributed by atoms with E-state index in [2.05, 4.69) is 11.4 Å². The SMILES string of the molecule is Cc1cccc(CNC(=O)c2ccc(Cl)s2)c1. The van der Waals surface area contributed by atoms with Crippen LogP contribution in [-0.4, -0.2) is 5.91 Å². The largest absolute Gasteiger partial charge is 0.347 e. The third-order valence-electron chi connectivity index (χ3n) is 2.33. The van der Waals surface area contributed by atoms with Gasteiger partial charge in [0.1, 0.15) is 0 Å². The quantitative estimate of drug-likeness (QED) is 0.902. The molecule has 0 bridgehead atoms. The predicted octanol–water partition coefficient (Wildman–Crippen LogP) is 3.64. The molecular weight excluding hydrogens is 254 g/mol. The number of rotatable bonds is 3. The Kier molecular flexibility index (Phi) is 3.82. The van der Waals surface area contributed by atoms with Gasteiger partial charge < -0.3 is 5.32 Å². The Labute approximate surface area is 109 Å². The third kappa shape index (κ3) is 3.32. The average Bonchev–Trinajstić information content (AvgIpc) is 2.73. The monoisotopic (exact) mass is 265 g/mol. The lowest BCUT2D eigenvalue weighted by Crippen LogP contribution is -2.21. The Bertz CT molecular complexity index is 536. The van der Waals surface area contributed by atoms with Gasteiger partial charge in [-0.1, -0.05) is 41.4 Å². The molecule has 2 rings (SSSR count). The molecule has 0 saturated heterocycles. The van der Waals surface area contributed by atoms with Crippen LogP contribution >= 0.6 is 22.9 Å². The predicted molar refractivity (Wildman–Crippen MR) is 71.7 cm³/mol. The number of nitrogens with one attached hydrogen (secondary N) is 1. The van der Waals surface area contributed by atoms with Gasteiger partial charge in [0.15, 0.2) is 0 Å². The van der Waals surface area contributed by atoms with Crippen molar-refractivity contribution < 1.29 is 4.79 Å². The molecule has 1 aromatic carbocycles. The van der Waals surface area contributed by atoms with E-state index in [4.69, 9.17) is 11.6 Å². The van der Waals surface area contributed by atoms with E-state index in [-0.39, 0.29) is 5.91 Å². The zero-order chi connectivity index (χ0) is 12.3. The zero-order valence-electron chi connectivity index (χ0n) is 9.37. The molecule has 0 aliphatic heterocycles. The first kappa shape index (κ1) is 12.1. The average molecular weight is 266 g/mol. The summed E-state index contributed by atoms with van der Waals surface area (Å²) in [5.74, 6) is -0.0802. The number of halogens is 1. The lowest BCUT2D eigenvalue weighted by atomic mass is 10.1. The Morgan fingerprint density at radius 3 is 2.82 bits per heavy atom. The van der Waals surface area contributed by atoms with Gasteiger partial charge in [-0.2, -0.15) is 0 Å². The molecule has 17 heavy (non-hydrogen) atoms. The molecule has 0 radical (unpaired) electrons. The van der Waals surface area contributed by atoms with Crippen molar-refractivity contribution in [2.24, 2.45) is 0 Å². The maximum atomic E-state index is 11.8. The number of carbonyl (C=O) groups excluding carboxylic acids is 1. The van der Waals surface area contributed by atoms with Crippen molar-refractivity contribution in [2.45, 2.75) is 13.5 Å². The first-order valence-corrected chi connectivity index (χ1v) is 6.43. The number of benzene rings is 1. The van der Waals surface area contributed by atoms with Gasteiger partial charge in [0.2, 0.25) is 0 Å². The number of amides is 1. The summed E-state index contributed by atoms with van der Waals surface area (Å²) in [6.45, 7) is 2.57. The zero-order valence-corrected chi connectivity index (χ0v) is 10.9. The van der Waals surface area contributed by atoms with Gasteiger partial charge in [-0.25, -0.2) is 0 Å². The van der Waals surface area contributed by atoms with E-state index in [0.29, 0.717) is 15.8 Å². The maximum absolute atomic E-state index is 11.8. The van der Waals surface area contributed by atoms with E-state index in [1.807, 2.05) is 25.1 Å². The second-order valence-electron chi connectivity index (χ2n) is 3.78. The summed E-state index contributed by atoms with van der Waals surface area (Å²) in [5.41, 5.74) is 2.29. The molecule has 0 fully saturated rings. The Balaban J connectivity index is 1.97. The van der Waals surface area contributed by atoms with Crippen LogP contribution in [0.25, 0.3) is 0 Å². The van der Waals surface area contributed by atoms with Gasteiger partial charge in [-0.05, 0) is 24.6 Å². The van der Waals surface area contributed by atoms with Crippen molar-refractivity contribution in [3.05, 3.63) is 56.7 Å². The van der Waals surface area contributed by atoms with Crippen molar-refractivity contribution in [3.63, 3.8) is 0 Å². The highest BCUT2D eigenvalue weighted by Gasteiger charge is 2.07. The normalized spacial score (nSPS) is 10.2. The van der Waals surface area contributed by atoms with E-state index in [0.717, 1.165) is 5.56 Å². The molecule has 0 unspecified atom stereocenters. The van der Waals surface area contributed by atoms with Crippen LogP contribution < -0.4 is 5.32 Å².